The molecule has 3 unspecified atom stereocenters. The van der Waals surface area contributed by atoms with Crippen molar-refractivity contribution >= 4 is 5.97 Å². The fourth-order valence-electron chi connectivity index (χ4n) is 8.91. The molecule has 6 nitrogen and oxygen atoms in total. The van der Waals surface area contributed by atoms with Crippen LogP contribution in [-0.2, 0) is 14.3 Å². The summed E-state index contributed by atoms with van der Waals surface area (Å²) in [4.78, 5) is 14.8. The van der Waals surface area contributed by atoms with Gasteiger partial charge in [-0.15, -0.1) is 0 Å². The Morgan fingerprint density at radius 2 is 1.82 bits per heavy atom. The fourth-order valence-corrected chi connectivity index (χ4v) is 8.91. The van der Waals surface area contributed by atoms with Crippen LogP contribution < -0.4 is 0 Å². The van der Waals surface area contributed by atoms with Crippen LogP contribution in [0.25, 0.3) is 10.4 Å². The van der Waals surface area contributed by atoms with Crippen LogP contribution in [0.1, 0.15) is 97.3 Å². The van der Waals surface area contributed by atoms with Crippen LogP contribution in [0.4, 0.5) is 0 Å². The van der Waals surface area contributed by atoms with Gasteiger partial charge in [0.15, 0.2) is 0 Å². The lowest BCUT2D eigenvalue weighted by Gasteiger charge is -2.60. The summed E-state index contributed by atoms with van der Waals surface area (Å²) in [6.07, 6.45) is 17.1. The first kappa shape index (κ1) is 24.9. The minimum absolute atomic E-state index is 0.111. The molecular weight excluding hydrogens is 414 g/mol. The van der Waals surface area contributed by atoms with Crippen LogP contribution in [0.15, 0.2) is 5.11 Å². The van der Waals surface area contributed by atoms with E-state index in [1.807, 2.05) is 0 Å². The second-order valence-corrected chi connectivity index (χ2v) is 11.9. The van der Waals surface area contributed by atoms with Crippen molar-refractivity contribution in [1.29, 1.82) is 0 Å². The zero-order valence-electron chi connectivity index (χ0n) is 21.0. The number of ether oxygens (including phenoxy) is 2. The third-order valence-electron chi connectivity index (χ3n) is 10.6. The average molecular weight is 460 g/mol. The van der Waals surface area contributed by atoms with Crippen molar-refractivity contribution in [3.05, 3.63) is 10.4 Å². The molecule has 4 saturated carbocycles. The topological polar surface area (TPSA) is 84.3 Å². The van der Waals surface area contributed by atoms with E-state index in [-0.39, 0.29) is 12.6 Å². The molecule has 0 amide bonds. The lowest BCUT2D eigenvalue weighted by molar-refractivity contribution is -0.145. The van der Waals surface area contributed by atoms with Gasteiger partial charge >= 0.3 is 5.97 Å². The quantitative estimate of drug-likeness (QED) is 0.115. The molecule has 0 aliphatic heterocycles. The maximum absolute atomic E-state index is 12.1. The number of fused-ring (bicyclic) bond motifs is 5. The van der Waals surface area contributed by atoms with Crippen molar-refractivity contribution in [1.82, 2.24) is 0 Å². The number of carbonyl (C=O) groups is 1. The molecule has 0 spiro atoms. The number of hydrogen-bond donors (Lipinski definition) is 0. The normalized spacial score (nSPS) is 39.6. The second kappa shape index (κ2) is 11.0. The van der Waals surface area contributed by atoms with E-state index in [1.54, 1.807) is 0 Å². The van der Waals surface area contributed by atoms with Crippen LogP contribution in [0, 0.1) is 40.4 Å². The Hall–Kier alpha value is -1.26. The Morgan fingerprint density at radius 1 is 0.970 bits per heavy atom. The van der Waals surface area contributed by atoms with Crippen molar-refractivity contribution in [3.8, 4) is 0 Å². The maximum Gasteiger partial charge on any atom is 0.305 e. The molecule has 7 atom stereocenters. The number of rotatable bonds is 10. The van der Waals surface area contributed by atoms with Crippen molar-refractivity contribution in [2.75, 3.05) is 26.4 Å². The highest BCUT2D eigenvalue weighted by Gasteiger charge is 2.59. The summed E-state index contributed by atoms with van der Waals surface area (Å²) in [6, 6.07) is 0. The molecule has 0 aromatic carbocycles. The van der Waals surface area contributed by atoms with Gasteiger partial charge in [-0.1, -0.05) is 31.8 Å². The Bertz CT molecular complexity index is 723. The van der Waals surface area contributed by atoms with Gasteiger partial charge in [0.25, 0.3) is 0 Å². The van der Waals surface area contributed by atoms with E-state index in [1.165, 1.54) is 70.6 Å². The third-order valence-corrected chi connectivity index (χ3v) is 10.6. The zero-order chi connectivity index (χ0) is 23.3. The summed E-state index contributed by atoms with van der Waals surface area (Å²) in [5.74, 6) is 4.50. The summed E-state index contributed by atoms with van der Waals surface area (Å²) >= 11 is 0. The van der Waals surface area contributed by atoms with Crippen molar-refractivity contribution in [2.45, 2.75) is 97.3 Å². The lowest BCUT2D eigenvalue weighted by Crippen LogP contribution is -2.52. The molecule has 4 aliphatic rings. The first-order valence-corrected chi connectivity index (χ1v) is 13.7. The first-order chi connectivity index (χ1) is 16.0. The highest BCUT2D eigenvalue weighted by atomic mass is 16.6. The molecule has 0 N–H and O–H groups in total. The number of nitrogens with zero attached hydrogens (tertiary/aromatic N) is 3. The highest BCUT2D eigenvalue weighted by molar-refractivity contribution is 5.69. The van der Waals surface area contributed by atoms with Gasteiger partial charge in [-0.25, -0.2) is 0 Å². The smallest absolute Gasteiger partial charge is 0.305 e. The standard InChI is InChI=1S/C27H45N3O3/c1-26-14-4-3-6-20(26)9-11-22-23-12-10-21(27(23,2)15-13-24(22)26)7-5-8-25(31)33-19-18-32-17-16-29-30-28/h20-24H,3-19H2,1-2H3/t20-,21?,22-,23?,24?,26-,27+/m0/s1. The van der Waals surface area contributed by atoms with Gasteiger partial charge < -0.3 is 9.47 Å². The second-order valence-electron chi connectivity index (χ2n) is 11.9. The van der Waals surface area contributed by atoms with Gasteiger partial charge in [0.2, 0.25) is 0 Å². The summed E-state index contributed by atoms with van der Waals surface area (Å²) in [5, 5.41) is 3.41. The average Bonchev–Trinajstić information content (AvgIpc) is 3.14. The largest absolute Gasteiger partial charge is 0.463 e. The Labute approximate surface area is 200 Å². The van der Waals surface area contributed by atoms with E-state index >= 15 is 0 Å². The number of carbonyl (C=O) groups excluding carboxylic acids is 1. The predicted molar refractivity (Wildman–Crippen MR) is 129 cm³/mol. The summed E-state index contributed by atoms with van der Waals surface area (Å²) in [7, 11) is 0. The maximum atomic E-state index is 12.1. The molecule has 0 aromatic rings. The number of azide groups is 1. The van der Waals surface area contributed by atoms with E-state index in [9.17, 15) is 4.79 Å². The Balaban J connectivity index is 1.21. The van der Waals surface area contributed by atoms with Gasteiger partial charge in [-0.2, -0.15) is 0 Å². The molecule has 4 rings (SSSR count). The molecule has 0 saturated heterocycles. The van der Waals surface area contributed by atoms with Crippen LogP contribution in [0.3, 0.4) is 0 Å². The van der Waals surface area contributed by atoms with E-state index < -0.39 is 0 Å². The summed E-state index contributed by atoms with van der Waals surface area (Å²) in [5.41, 5.74) is 9.33. The monoisotopic (exact) mass is 459 g/mol. The molecule has 0 heterocycles. The minimum Gasteiger partial charge on any atom is -0.463 e. The van der Waals surface area contributed by atoms with Crippen LogP contribution in [-0.4, -0.2) is 32.3 Å². The van der Waals surface area contributed by atoms with Crippen molar-refractivity contribution in [2.24, 2.45) is 45.5 Å². The fraction of sp³-hybridized carbons (Fsp3) is 0.963. The first-order valence-electron chi connectivity index (χ1n) is 13.7. The van der Waals surface area contributed by atoms with E-state index in [4.69, 9.17) is 15.0 Å². The zero-order valence-corrected chi connectivity index (χ0v) is 21.0. The predicted octanol–water partition coefficient (Wildman–Crippen LogP) is 7.08. The van der Waals surface area contributed by atoms with E-state index in [0.29, 0.717) is 37.0 Å². The van der Waals surface area contributed by atoms with Gasteiger partial charge in [-0.05, 0) is 110 Å². The highest BCUT2D eigenvalue weighted by Crippen LogP contribution is 2.67. The summed E-state index contributed by atoms with van der Waals surface area (Å²) < 4.78 is 10.6. The molecule has 0 radical (unpaired) electrons. The van der Waals surface area contributed by atoms with Gasteiger partial charge in [0.05, 0.1) is 13.2 Å². The lowest BCUT2D eigenvalue weighted by atomic mass is 9.45. The molecule has 4 fully saturated rings. The minimum atomic E-state index is -0.111. The molecule has 0 bridgehead atoms. The number of hydrogen-bond acceptors (Lipinski definition) is 4. The van der Waals surface area contributed by atoms with Gasteiger partial charge in [-0.3, -0.25) is 4.79 Å². The van der Waals surface area contributed by atoms with Gasteiger partial charge in [0, 0.05) is 17.9 Å². The Morgan fingerprint density at radius 3 is 2.67 bits per heavy atom. The van der Waals surface area contributed by atoms with E-state index in [2.05, 4.69) is 23.9 Å². The Kier molecular flexibility index (Phi) is 8.28. The number of esters is 1. The van der Waals surface area contributed by atoms with Crippen LogP contribution in [0.2, 0.25) is 0 Å². The molecule has 0 aromatic heterocycles. The molecular formula is C27H45N3O3. The molecule has 33 heavy (non-hydrogen) atoms. The molecule has 6 heteroatoms. The third kappa shape index (κ3) is 5.22. The van der Waals surface area contributed by atoms with Crippen LogP contribution in [0.5, 0.6) is 0 Å². The van der Waals surface area contributed by atoms with E-state index in [0.717, 1.165) is 36.0 Å². The SMILES string of the molecule is C[C@]12CCC3[C@@H](CC[C@@H]4CCCC[C@]34C)C1CCC2CCCC(=O)OCCOCCN=[N+]=[N-]. The van der Waals surface area contributed by atoms with Crippen molar-refractivity contribution in [3.63, 3.8) is 0 Å². The van der Waals surface area contributed by atoms with Gasteiger partial charge in [0.1, 0.15) is 6.61 Å². The van der Waals surface area contributed by atoms with Crippen molar-refractivity contribution < 1.29 is 14.3 Å². The van der Waals surface area contributed by atoms with Crippen LogP contribution >= 0.6 is 0 Å². The molecule has 186 valence electrons. The summed E-state index contributed by atoms with van der Waals surface area (Å²) in [6.45, 7) is 6.59. The molecule has 4 aliphatic carbocycles.